The maximum absolute atomic E-state index is 12.7. The number of likely N-dealkylation sites (N-methyl/N-ethyl adjacent to an activating group) is 1. The summed E-state index contributed by atoms with van der Waals surface area (Å²) in [5, 5.41) is 5.36. The lowest BCUT2D eigenvalue weighted by Gasteiger charge is -2.17. The first-order valence-corrected chi connectivity index (χ1v) is 3.48. The maximum atomic E-state index is 12.7. The summed E-state index contributed by atoms with van der Waals surface area (Å²) in [7, 11) is 0. The molecule has 0 amide bonds. The zero-order chi connectivity index (χ0) is 7.61. The van der Waals surface area contributed by atoms with Crippen LogP contribution in [0.15, 0.2) is 0 Å². The average molecular weight is 150 g/mol. The van der Waals surface area contributed by atoms with E-state index in [9.17, 15) is 8.78 Å². The summed E-state index contributed by atoms with van der Waals surface area (Å²) in [6.07, 6.45) is 0. The fourth-order valence-electron chi connectivity index (χ4n) is 1.12. The number of halogens is 2. The van der Waals surface area contributed by atoms with E-state index in [1.165, 1.54) is 0 Å². The molecule has 1 aliphatic rings. The predicted molar refractivity (Wildman–Crippen MR) is 35.3 cm³/mol. The molecule has 1 saturated heterocycles. The highest BCUT2D eigenvalue weighted by molar-refractivity contribution is 4.92. The lowest BCUT2D eigenvalue weighted by Crippen LogP contribution is -2.43. The zero-order valence-corrected chi connectivity index (χ0v) is 5.95. The van der Waals surface area contributed by atoms with E-state index < -0.39 is 12.0 Å². The van der Waals surface area contributed by atoms with Crippen molar-refractivity contribution in [2.45, 2.75) is 18.9 Å². The van der Waals surface area contributed by atoms with E-state index in [4.69, 9.17) is 0 Å². The zero-order valence-electron chi connectivity index (χ0n) is 5.95. The van der Waals surface area contributed by atoms with Crippen molar-refractivity contribution in [1.82, 2.24) is 10.6 Å². The van der Waals surface area contributed by atoms with Crippen LogP contribution >= 0.6 is 0 Å². The summed E-state index contributed by atoms with van der Waals surface area (Å²) in [4.78, 5) is 0. The molecule has 0 aromatic carbocycles. The first kappa shape index (κ1) is 7.88. The molecule has 1 fully saturated rings. The van der Waals surface area contributed by atoms with Crippen molar-refractivity contribution < 1.29 is 8.78 Å². The highest BCUT2D eigenvalue weighted by Gasteiger charge is 2.43. The predicted octanol–water partition coefficient (Wildman–Crippen LogP) is 0.203. The molecule has 0 radical (unpaired) electrons. The molecule has 1 heterocycles. The number of nitrogens with one attached hydrogen (secondary N) is 2. The standard InChI is InChI=1S/C6H12F2N2/c1-2-10-5-3-9-4-6(5,7)8/h5,9-10H,2-4H2,1H3. The summed E-state index contributed by atoms with van der Waals surface area (Å²) in [6, 6.07) is -0.669. The molecule has 4 heteroatoms. The molecule has 1 unspecified atom stereocenters. The summed E-state index contributed by atoms with van der Waals surface area (Å²) < 4.78 is 25.3. The van der Waals surface area contributed by atoms with Gasteiger partial charge < -0.3 is 10.6 Å². The van der Waals surface area contributed by atoms with Crippen LogP contribution in [-0.4, -0.2) is 31.6 Å². The third kappa shape index (κ3) is 1.44. The van der Waals surface area contributed by atoms with Gasteiger partial charge in [-0.15, -0.1) is 0 Å². The summed E-state index contributed by atoms with van der Waals surface area (Å²) >= 11 is 0. The van der Waals surface area contributed by atoms with Gasteiger partial charge in [0.2, 0.25) is 0 Å². The smallest absolute Gasteiger partial charge is 0.276 e. The van der Waals surface area contributed by atoms with Gasteiger partial charge in [0.25, 0.3) is 5.92 Å². The van der Waals surface area contributed by atoms with Gasteiger partial charge in [0, 0.05) is 6.54 Å². The largest absolute Gasteiger partial charge is 0.309 e. The summed E-state index contributed by atoms with van der Waals surface area (Å²) in [5.74, 6) is -2.56. The maximum Gasteiger partial charge on any atom is 0.276 e. The van der Waals surface area contributed by atoms with E-state index in [1.807, 2.05) is 6.92 Å². The summed E-state index contributed by atoms with van der Waals surface area (Å²) in [6.45, 7) is 2.61. The highest BCUT2D eigenvalue weighted by Crippen LogP contribution is 2.21. The molecule has 1 atom stereocenters. The van der Waals surface area contributed by atoms with E-state index in [-0.39, 0.29) is 6.54 Å². The van der Waals surface area contributed by atoms with Gasteiger partial charge in [-0.3, -0.25) is 0 Å². The van der Waals surface area contributed by atoms with E-state index in [0.29, 0.717) is 13.1 Å². The average Bonchev–Trinajstić information content (AvgIpc) is 2.13. The fourth-order valence-corrected chi connectivity index (χ4v) is 1.12. The second-order valence-corrected chi connectivity index (χ2v) is 2.50. The Hall–Kier alpha value is -0.220. The molecule has 60 valence electrons. The van der Waals surface area contributed by atoms with E-state index in [1.54, 1.807) is 0 Å². The Balaban J connectivity index is 2.43. The van der Waals surface area contributed by atoms with Crippen molar-refractivity contribution in [3.8, 4) is 0 Å². The second-order valence-electron chi connectivity index (χ2n) is 2.50. The first-order valence-electron chi connectivity index (χ1n) is 3.48. The van der Waals surface area contributed by atoms with Crippen LogP contribution < -0.4 is 10.6 Å². The molecule has 0 bridgehead atoms. The molecule has 10 heavy (non-hydrogen) atoms. The van der Waals surface area contributed by atoms with Gasteiger partial charge in [-0.05, 0) is 6.54 Å². The van der Waals surface area contributed by atoms with Crippen molar-refractivity contribution in [2.75, 3.05) is 19.6 Å². The third-order valence-electron chi connectivity index (χ3n) is 1.67. The Morgan fingerprint density at radius 2 is 2.40 bits per heavy atom. The minimum atomic E-state index is -2.56. The van der Waals surface area contributed by atoms with Crippen LogP contribution in [0.2, 0.25) is 0 Å². The van der Waals surface area contributed by atoms with Crippen molar-refractivity contribution >= 4 is 0 Å². The molecule has 2 N–H and O–H groups in total. The monoisotopic (exact) mass is 150 g/mol. The second kappa shape index (κ2) is 2.80. The molecule has 2 nitrogen and oxygen atoms in total. The topological polar surface area (TPSA) is 24.1 Å². The fraction of sp³-hybridized carbons (Fsp3) is 1.00. The number of alkyl halides is 2. The normalized spacial score (nSPS) is 30.9. The number of hydrogen-bond donors (Lipinski definition) is 2. The van der Waals surface area contributed by atoms with Crippen LogP contribution in [0.4, 0.5) is 8.78 Å². The SMILES string of the molecule is CCNC1CNCC1(F)F. The van der Waals surface area contributed by atoms with Crippen molar-refractivity contribution in [3.63, 3.8) is 0 Å². The van der Waals surface area contributed by atoms with Gasteiger partial charge in [0.05, 0.1) is 12.6 Å². The lowest BCUT2D eigenvalue weighted by atomic mass is 10.2. The molecule has 0 aromatic heterocycles. The Bertz CT molecular complexity index is 116. The minimum absolute atomic E-state index is 0.190. The number of rotatable bonds is 2. The molecule has 1 aliphatic heterocycles. The van der Waals surface area contributed by atoms with E-state index in [2.05, 4.69) is 10.6 Å². The van der Waals surface area contributed by atoms with Crippen LogP contribution in [0, 0.1) is 0 Å². The molecule has 0 spiro atoms. The Kier molecular flexibility index (Phi) is 2.21. The third-order valence-corrected chi connectivity index (χ3v) is 1.67. The van der Waals surface area contributed by atoms with Crippen LogP contribution in [0.1, 0.15) is 6.92 Å². The quantitative estimate of drug-likeness (QED) is 0.587. The van der Waals surface area contributed by atoms with Crippen molar-refractivity contribution in [3.05, 3.63) is 0 Å². The van der Waals surface area contributed by atoms with Crippen LogP contribution in [0.5, 0.6) is 0 Å². The molecular formula is C6H12F2N2. The molecule has 0 aromatic rings. The van der Waals surface area contributed by atoms with E-state index in [0.717, 1.165) is 0 Å². The van der Waals surface area contributed by atoms with Crippen molar-refractivity contribution in [2.24, 2.45) is 0 Å². The first-order chi connectivity index (χ1) is 4.67. The van der Waals surface area contributed by atoms with Gasteiger partial charge >= 0.3 is 0 Å². The van der Waals surface area contributed by atoms with Gasteiger partial charge in [0.15, 0.2) is 0 Å². The van der Waals surface area contributed by atoms with Crippen LogP contribution in [0.25, 0.3) is 0 Å². The molecule has 0 aliphatic carbocycles. The molecule has 1 rings (SSSR count). The number of hydrogen-bond acceptors (Lipinski definition) is 2. The van der Waals surface area contributed by atoms with Crippen LogP contribution in [0.3, 0.4) is 0 Å². The van der Waals surface area contributed by atoms with Gasteiger partial charge in [-0.25, -0.2) is 8.78 Å². The Labute approximate surface area is 59.0 Å². The van der Waals surface area contributed by atoms with Crippen molar-refractivity contribution in [1.29, 1.82) is 0 Å². The molecular weight excluding hydrogens is 138 g/mol. The van der Waals surface area contributed by atoms with E-state index >= 15 is 0 Å². The minimum Gasteiger partial charge on any atom is -0.309 e. The van der Waals surface area contributed by atoms with Crippen LogP contribution in [-0.2, 0) is 0 Å². The van der Waals surface area contributed by atoms with Gasteiger partial charge in [-0.1, -0.05) is 6.92 Å². The Morgan fingerprint density at radius 1 is 1.70 bits per heavy atom. The van der Waals surface area contributed by atoms with Gasteiger partial charge in [0.1, 0.15) is 0 Å². The summed E-state index contributed by atoms with van der Waals surface area (Å²) in [5.41, 5.74) is 0. The highest BCUT2D eigenvalue weighted by atomic mass is 19.3. The lowest BCUT2D eigenvalue weighted by molar-refractivity contribution is -0.00267. The van der Waals surface area contributed by atoms with Gasteiger partial charge in [-0.2, -0.15) is 0 Å². The molecule has 0 saturated carbocycles. The Morgan fingerprint density at radius 3 is 2.80 bits per heavy atom.